The molecule has 0 unspecified atom stereocenters. The Morgan fingerprint density at radius 1 is 1.62 bits per heavy atom. The molecule has 1 aromatic rings. The van der Waals surface area contributed by atoms with Gasteiger partial charge in [0.15, 0.2) is 0 Å². The van der Waals surface area contributed by atoms with E-state index >= 15 is 0 Å². The summed E-state index contributed by atoms with van der Waals surface area (Å²) in [4.78, 5) is 11.4. The molecule has 1 N–H and O–H groups in total. The maximum absolute atomic E-state index is 12.6. The molecule has 0 aliphatic carbocycles. The van der Waals surface area contributed by atoms with E-state index in [4.69, 9.17) is 5.11 Å². The highest BCUT2D eigenvalue weighted by molar-refractivity contribution is 7.11. The van der Waals surface area contributed by atoms with Crippen molar-refractivity contribution in [3.8, 4) is 0 Å². The molecule has 13 heavy (non-hydrogen) atoms. The van der Waals surface area contributed by atoms with E-state index in [9.17, 15) is 13.6 Å². The van der Waals surface area contributed by atoms with Crippen molar-refractivity contribution in [2.24, 2.45) is 0 Å². The lowest BCUT2D eigenvalue weighted by atomic mass is 10.2. The van der Waals surface area contributed by atoms with Gasteiger partial charge in [0.25, 0.3) is 0 Å². The average molecular weight is 206 g/mol. The number of carbonyl (C=O) groups is 1. The molecule has 0 atom stereocenters. The first-order chi connectivity index (χ1) is 5.92. The first-order valence-electron chi connectivity index (χ1n) is 3.58. The molecule has 1 aromatic heterocycles. The highest BCUT2D eigenvalue weighted by Gasteiger charge is 2.39. The van der Waals surface area contributed by atoms with Crippen LogP contribution in [-0.4, -0.2) is 17.0 Å². The minimum atomic E-state index is -3.66. The van der Waals surface area contributed by atoms with Crippen LogP contribution in [0.4, 0.5) is 8.78 Å². The van der Waals surface area contributed by atoms with Gasteiger partial charge in [-0.25, -0.2) is 4.79 Å². The number of rotatable bonds is 3. The van der Waals surface area contributed by atoms with Crippen molar-refractivity contribution in [2.75, 3.05) is 0 Å². The van der Waals surface area contributed by atoms with Crippen molar-refractivity contribution in [2.45, 2.75) is 19.3 Å². The third kappa shape index (κ3) is 2.48. The van der Waals surface area contributed by atoms with Crippen LogP contribution in [0.5, 0.6) is 0 Å². The van der Waals surface area contributed by atoms with Crippen LogP contribution < -0.4 is 0 Å². The van der Waals surface area contributed by atoms with Crippen LogP contribution in [0.2, 0.25) is 0 Å². The maximum Gasteiger partial charge on any atom is 0.374 e. The molecule has 0 aromatic carbocycles. The molecule has 0 spiro atoms. The molecule has 0 saturated heterocycles. The van der Waals surface area contributed by atoms with Crippen molar-refractivity contribution < 1.29 is 18.7 Å². The number of carboxylic acid groups (broad SMARTS) is 1. The second-order valence-electron chi connectivity index (χ2n) is 2.70. The second kappa shape index (κ2) is 3.41. The first-order valence-corrected chi connectivity index (χ1v) is 4.40. The van der Waals surface area contributed by atoms with Gasteiger partial charge in [0, 0.05) is 9.75 Å². The zero-order valence-corrected chi connectivity index (χ0v) is 7.70. The molecule has 5 heteroatoms. The fraction of sp³-hybridized carbons (Fsp3) is 0.375. The smallest absolute Gasteiger partial charge is 0.374 e. The van der Waals surface area contributed by atoms with Crippen LogP contribution in [0, 0.1) is 6.92 Å². The Morgan fingerprint density at radius 3 is 2.62 bits per heavy atom. The Balaban J connectivity index is 2.74. The van der Waals surface area contributed by atoms with Gasteiger partial charge in [0.2, 0.25) is 0 Å². The Hall–Kier alpha value is -0.970. The molecule has 1 heterocycles. The summed E-state index contributed by atoms with van der Waals surface area (Å²) in [7, 11) is 0. The molecule has 0 aliphatic heterocycles. The van der Waals surface area contributed by atoms with Gasteiger partial charge in [-0.05, 0) is 19.1 Å². The van der Waals surface area contributed by atoms with Gasteiger partial charge in [-0.2, -0.15) is 8.78 Å². The van der Waals surface area contributed by atoms with E-state index < -0.39 is 18.3 Å². The summed E-state index contributed by atoms with van der Waals surface area (Å²) in [6.07, 6.45) is -0.721. The number of thiophene rings is 1. The largest absolute Gasteiger partial charge is 0.477 e. The molecule has 0 amide bonds. The van der Waals surface area contributed by atoms with Crippen molar-refractivity contribution in [1.82, 2.24) is 0 Å². The van der Waals surface area contributed by atoms with E-state index in [2.05, 4.69) is 0 Å². The zero-order valence-electron chi connectivity index (χ0n) is 6.88. The lowest BCUT2D eigenvalue weighted by molar-refractivity contribution is -0.164. The maximum atomic E-state index is 12.6. The van der Waals surface area contributed by atoms with E-state index in [1.54, 1.807) is 13.0 Å². The molecule has 72 valence electrons. The summed E-state index contributed by atoms with van der Waals surface area (Å²) < 4.78 is 25.3. The van der Waals surface area contributed by atoms with Crippen LogP contribution in [0.15, 0.2) is 12.1 Å². The molecular weight excluding hydrogens is 198 g/mol. The van der Waals surface area contributed by atoms with Gasteiger partial charge in [0.05, 0.1) is 6.42 Å². The van der Waals surface area contributed by atoms with Gasteiger partial charge in [-0.1, -0.05) is 0 Å². The van der Waals surface area contributed by atoms with Crippen LogP contribution >= 0.6 is 11.3 Å². The molecule has 1 rings (SSSR count). The van der Waals surface area contributed by atoms with Crippen molar-refractivity contribution >= 4 is 17.3 Å². The van der Waals surface area contributed by atoms with Crippen LogP contribution in [-0.2, 0) is 11.2 Å². The number of alkyl halides is 2. The fourth-order valence-electron chi connectivity index (χ4n) is 0.875. The number of aliphatic carboxylic acids is 1. The summed E-state index contributed by atoms with van der Waals surface area (Å²) in [6.45, 7) is 1.78. The van der Waals surface area contributed by atoms with Crippen molar-refractivity contribution in [3.63, 3.8) is 0 Å². The topological polar surface area (TPSA) is 37.3 Å². The van der Waals surface area contributed by atoms with Crippen molar-refractivity contribution in [3.05, 3.63) is 21.9 Å². The van der Waals surface area contributed by atoms with Gasteiger partial charge in [-0.15, -0.1) is 11.3 Å². The van der Waals surface area contributed by atoms with Gasteiger partial charge in [-0.3, -0.25) is 0 Å². The minimum absolute atomic E-state index is 0.393. The van der Waals surface area contributed by atoms with E-state index in [-0.39, 0.29) is 0 Å². The van der Waals surface area contributed by atoms with E-state index in [1.165, 1.54) is 17.4 Å². The molecule has 2 nitrogen and oxygen atoms in total. The number of hydrogen-bond acceptors (Lipinski definition) is 2. The Bertz CT molecular complexity index is 320. The molecular formula is C8H8F2O2S. The SMILES string of the molecule is Cc1ccc(CC(F)(F)C(=O)O)s1. The second-order valence-corrected chi connectivity index (χ2v) is 4.07. The summed E-state index contributed by atoms with van der Waals surface area (Å²) in [5, 5.41) is 8.16. The van der Waals surface area contributed by atoms with Crippen LogP contribution in [0.25, 0.3) is 0 Å². The molecule has 0 bridgehead atoms. The highest BCUT2D eigenvalue weighted by atomic mass is 32.1. The molecule has 0 saturated carbocycles. The quantitative estimate of drug-likeness (QED) is 0.824. The highest BCUT2D eigenvalue weighted by Crippen LogP contribution is 2.25. The Morgan fingerprint density at radius 2 is 2.23 bits per heavy atom. The predicted molar refractivity (Wildman–Crippen MR) is 45.3 cm³/mol. The van der Waals surface area contributed by atoms with E-state index in [0.29, 0.717) is 4.88 Å². The molecule has 0 aliphatic rings. The summed E-state index contributed by atoms with van der Waals surface area (Å²) in [6, 6.07) is 3.22. The zero-order chi connectivity index (χ0) is 10.1. The van der Waals surface area contributed by atoms with Gasteiger partial charge < -0.3 is 5.11 Å². The van der Waals surface area contributed by atoms with E-state index in [1.807, 2.05) is 0 Å². The van der Waals surface area contributed by atoms with Gasteiger partial charge in [0.1, 0.15) is 0 Å². The third-order valence-corrected chi connectivity index (χ3v) is 2.51. The minimum Gasteiger partial charge on any atom is -0.477 e. The normalized spacial score (nSPS) is 11.6. The van der Waals surface area contributed by atoms with E-state index in [0.717, 1.165) is 4.88 Å². The number of hydrogen-bond donors (Lipinski definition) is 1. The summed E-state index contributed by atoms with van der Waals surface area (Å²) in [5.41, 5.74) is 0. The van der Waals surface area contributed by atoms with Crippen LogP contribution in [0.1, 0.15) is 9.75 Å². The molecule has 0 fully saturated rings. The fourth-order valence-corrected chi connectivity index (χ4v) is 1.81. The number of halogens is 2. The monoisotopic (exact) mass is 206 g/mol. The number of aryl methyl sites for hydroxylation is 1. The number of carboxylic acids is 1. The Kier molecular flexibility index (Phi) is 2.66. The van der Waals surface area contributed by atoms with Gasteiger partial charge >= 0.3 is 11.9 Å². The third-order valence-electron chi connectivity index (χ3n) is 1.51. The standard InChI is InChI=1S/C8H8F2O2S/c1-5-2-3-6(13-5)4-8(9,10)7(11)12/h2-3H,4H2,1H3,(H,11,12). The Labute approximate surface area is 77.8 Å². The molecule has 0 radical (unpaired) electrons. The lowest BCUT2D eigenvalue weighted by Crippen LogP contribution is -2.30. The lowest BCUT2D eigenvalue weighted by Gasteiger charge is -2.08. The average Bonchev–Trinajstić information content (AvgIpc) is 2.34. The summed E-state index contributed by atoms with van der Waals surface area (Å²) in [5.74, 6) is -5.73. The predicted octanol–water partition coefficient (Wildman–Crippen LogP) is 2.32. The summed E-state index contributed by atoms with van der Waals surface area (Å²) >= 11 is 1.19. The van der Waals surface area contributed by atoms with Crippen molar-refractivity contribution in [1.29, 1.82) is 0 Å². The first kappa shape index (κ1) is 10.1. The van der Waals surface area contributed by atoms with Crippen LogP contribution in [0.3, 0.4) is 0 Å².